The Hall–Kier alpha value is -6.70. The van der Waals surface area contributed by atoms with Crippen LogP contribution in [0, 0.1) is 27.7 Å². The Kier molecular flexibility index (Phi) is 11.0. The van der Waals surface area contributed by atoms with Crippen LogP contribution < -0.4 is 20.9 Å². The van der Waals surface area contributed by atoms with E-state index in [9.17, 15) is 27.6 Å². The van der Waals surface area contributed by atoms with Gasteiger partial charge in [0.15, 0.2) is 10.8 Å². The van der Waals surface area contributed by atoms with Gasteiger partial charge < -0.3 is 43.3 Å². The topological polar surface area (TPSA) is 140 Å². The summed E-state index contributed by atoms with van der Waals surface area (Å²) < 4.78 is 73.4. The van der Waals surface area contributed by atoms with E-state index < -0.39 is 30.5 Å². The molecule has 20 heteroatoms. The molecule has 6 heterocycles. The van der Waals surface area contributed by atoms with Crippen LogP contribution in [0.5, 0.6) is 0 Å². The molecule has 2 aromatic carbocycles. The van der Waals surface area contributed by atoms with Gasteiger partial charge in [0, 0.05) is 85.9 Å². The van der Waals surface area contributed by atoms with E-state index in [2.05, 4.69) is 30.9 Å². The normalized spacial score (nSPS) is 15.6. The zero-order chi connectivity index (χ0) is 44.1. The van der Waals surface area contributed by atoms with Gasteiger partial charge in [0.25, 0.3) is 11.8 Å². The molecule has 0 unspecified atom stereocenters. The third-order valence-corrected chi connectivity index (χ3v) is 11.9. The molecule has 320 valence electrons. The smallest absolute Gasteiger partial charge is 0.394 e. The molecule has 3 amide bonds. The van der Waals surface area contributed by atoms with Crippen LogP contribution in [0.4, 0.5) is 49.9 Å². The first kappa shape index (κ1) is 42.0. The van der Waals surface area contributed by atoms with Gasteiger partial charge in [0.2, 0.25) is 5.91 Å². The number of hydrogen-bond donors (Lipinski definition) is 3. The molecule has 0 saturated carbocycles. The van der Waals surface area contributed by atoms with Crippen LogP contribution in [-0.2, 0) is 11.0 Å². The Morgan fingerprint density at radius 3 is 2.42 bits per heavy atom. The predicted molar refractivity (Wildman–Crippen MR) is 228 cm³/mol. The number of alkyl halides is 3. The van der Waals surface area contributed by atoms with E-state index in [0.717, 1.165) is 44.1 Å². The van der Waals surface area contributed by atoms with Gasteiger partial charge in [-0.3, -0.25) is 14.4 Å². The molecule has 8 rings (SSSR count). The van der Waals surface area contributed by atoms with Gasteiger partial charge in [0.1, 0.15) is 28.0 Å². The Morgan fingerprint density at radius 1 is 0.887 bits per heavy atom. The van der Waals surface area contributed by atoms with E-state index in [1.165, 1.54) is 18.3 Å². The molecule has 0 radical (unpaired) electrons. The summed E-state index contributed by atoms with van der Waals surface area (Å²) in [5.74, 6) is 0.227. The first-order chi connectivity index (χ1) is 29.4. The highest BCUT2D eigenvalue weighted by molar-refractivity contribution is 7.17. The number of fused-ring (bicyclic) bond motifs is 2. The maximum absolute atomic E-state index is 15.9. The van der Waals surface area contributed by atoms with E-state index in [-0.39, 0.29) is 34.9 Å². The number of halogens is 5. The lowest BCUT2D eigenvalue weighted by Gasteiger charge is -2.35. The summed E-state index contributed by atoms with van der Waals surface area (Å²) in [6.45, 7) is 4.72. The average Bonchev–Trinajstić information content (AvgIpc) is 3.95. The number of thiazole rings is 1. The molecule has 3 aliphatic rings. The summed E-state index contributed by atoms with van der Waals surface area (Å²) in [6, 6.07) is 12.3. The van der Waals surface area contributed by atoms with Crippen LogP contribution in [0.3, 0.4) is 0 Å². The molecule has 0 bridgehead atoms. The minimum Gasteiger partial charge on any atom is -0.394 e. The number of carbonyl (C=O) groups is 3. The molecule has 1 saturated heterocycles. The summed E-state index contributed by atoms with van der Waals surface area (Å²) in [5, 5.41) is 8.91. The number of carbonyl (C=O) groups excluding carboxylic acids is 3. The molecule has 3 aromatic heterocycles. The molecule has 3 aliphatic heterocycles. The number of rotatable bonds is 10. The SMILES string of the molecule is Cc1nc(Nc2ncc(C(=O)Nc3cc(NC(=O)c4cccc(C(F)(F)F)c4)ccc3C)s2)cc(N2CCN(C(=O)CCC3=[N+]4C(=Cc5c(C)cc(C)n5[B-]4(F)F)C=C3)CC2)n1. The molecule has 62 heavy (non-hydrogen) atoms. The number of piperazine rings is 1. The van der Waals surface area contributed by atoms with Crippen molar-refractivity contribution in [3.05, 3.63) is 123 Å². The maximum Gasteiger partial charge on any atom is 0.737 e. The minimum absolute atomic E-state index is 0.0945. The van der Waals surface area contributed by atoms with Gasteiger partial charge in [0.05, 0.1) is 11.8 Å². The lowest BCUT2D eigenvalue weighted by atomic mass is 9.90. The molecular weight excluding hydrogens is 830 g/mol. The summed E-state index contributed by atoms with van der Waals surface area (Å²) in [5.41, 5.74) is 2.84. The Morgan fingerprint density at radius 2 is 1.66 bits per heavy atom. The number of anilines is 5. The molecular formula is C42H40BF5N10O3S. The van der Waals surface area contributed by atoms with Crippen molar-refractivity contribution in [2.24, 2.45) is 0 Å². The standard InChI is InChI=1S/C42H40BF5N10O3S/c1-24-8-9-30(52-39(60)28-6-5-7-29(19-28)42(44,45)46)20-33(24)53-40(61)35-23-49-41(62-35)54-36-22-37(51-27(4)50-36)55-14-16-56(17-15-55)38(59)13-12-31-10-11-32-21-34-25(2)18-26(3)57(34)43(47,48)58(31)32/h5-11,18-23H,12-17H2,1-4H3,(H,52,60)(H,53,61)(H,49,50,51,54). The van der Waals surface area contributed by atoms with Gasteiger partial charge in [-0.25, -0.2) is 15.0 Å². The first-order valence-corrected chi connectivity index (χ1v) is 20.5. The number of aromatic nitrogens is 4. The fraction of sp³-hybridized carbons (Fsp3) is 0.262. The van der Waals surface area contributed by atoms with E-state index in [0.29, 0.717) is 82.8 Å². The molecule has 0 aliphatic carbocycles. The van der Waals surface area contributed by atoms with E-state index in [4.69, 9.17) is 0 Å². The van der Waals surface area contributed by atoms with Crippen molar-refractivity contribution in [1.82, 2.24) is 24.3 Å². The quantitative estimate of drug-likeness (QED) is 0.0950. The van der Waals surface area contributed by atoms with E-state index in [1.807, 2.05) is 11.8 Å². The predicted octanol–water partition coefficient (Wildman–Crippen LogP) is 7.96. The number of nitrogens with zero attached hydrogens (tertiary/aromatic N) is 7. The van der Waals surface area contributed by atoms with Gasteiger partial charge in [-0.05, 0) is 80.9 Å². The van der Waals surface area contributed by atoms with Crippen LogP contribution >= 0.6 is 11.3 Å². The fourth-order valence-corrected chi connectivity index (χ4v) is 8.58. The van der Waals surface area contributed by atoms with E-state index >= 15 is 8.63 Å². The number of aryl methyl sites for hydroxylation is 4. The Bertz CT molecular complexity index is 2740. The van der Waals surface area contributed by atoms with Gasteiger partial charge in [-0.1, -0.05) is 23.5 Å². The van der Waals surface area contributed by atoms with Crippen LogP contribution in [-0.4, -0.2) is 85.4 Å². The van der Waals surface area contributed by atoms with Crippen molar-refractivity contribution < 1.29 is 40.7 Å². The molecule has 1 fully saturated rings. The van der Waals surface area contributed by atoms with Crippen molar-refractivity contribution in [2.75, 3.05) is 47.0 Å². The lowest BCUT2D eigenvalue weighted by Crippen LogP contribution is -2.51. The fourth-order valence-electron chi connectivity index (χ4n) is 7.86. The van der Waals surface area contributed by atoms with Crippen molar-refractivity contribution in [2.45, 2.75) is 46.7 Å². The monoisotopic (exact) mass is 870 g/mol. The molecule has 0 spiro atoms. The first-order valence-electron chi connectivity index (χ1n) is 19.7. The zero-order valence-electron chi connectivity index (χ0n) is 34.0. The van der Waals surface area contributed by atoms with Crippen molar-refractivity contribution in [3.63, 3.8) is 0 Å². The van der Waals surface area contributed by atoms with Crippen molar-refractivity contribution in [1.29, 1.82) is 0 Å². The van der Waals surface area contributed by atoms with Gasteiger partial charge in [-0.15, -0.1) is 0 Å². The molecule has 0 atom stereocenters. The third-order valence-electron chi connectivity index (χ3n) is 10.9. The van der Waals surface area contributed by atoms with Crippen LogP contribution in [0.25, 0.3) is 6.08 Å². The summed E-state index contributed by atoms with van der Waals surface area (Å²) in [6.07, 6.45) is 2.21. The van der Waals surface area contributed by atoms with Crippen molar-refractivity contribution >= 4 is 76.0 Å². The Labute approximate surface area is 356 Å². The summed E-state index contributed by atoms with van der Waals surface area (Å²) >= 11 is 1.08. The number of amides is 3. The number of nitrogens with one attached hydrogen (secondary N) is 3. The Balaban J connectivity index is 0.854. The zero-order valence-corrected chi connectivity index (χ0v) is 34.8. The largest absolute Gasteiger partial charge is 0.737 e. The van der Waals surface area contributed by atoms with Crippen LogP contribution in [0.2, 0.25) is 0 Å². The highest BCUT2D eigenvalue weighted by atomic mass is 32.1. The summed E-state index contributed by atoms with van der Waals surface area (Å²) in [4.78, 5) is 56.9. The molecule has 3 N–H and O–H groups in total. The highest BCUT2D eigenvalue weighted by Gasteiger charge is 2.52. The second-order valence-electron chi connectivity index (χ2n) is 15.3. The van der Waals surface area contributed by atoms with Gasteiger partial charge >= 0.3 is 13.1 Å². The van der Waals surface area contributed by atoms with E-state index in [1.54, 1.807) is 68.2 Å². The second-order valence-corrected chi connectivity index (χ2v) is 16.3. The highest BCUT2D eigenvalue weighted by Crippen LogP contribution is 2.35. The lowest BCUT2D eigenvalue weighted by molar-refractivity contribution is -0.362. The third kappa shape index (κ3) is 8.46. The summed E-state index contributed by atoms with van der Waals surface area (Å²) in [7, 11) is 0. The van der Waals surface area contributed by atoms with Crippen LogP contribution in [0.15, 0.2) is 78.6 Å². The van der Waals surface area contributed by atoms with Crippen molar-refractivity contribution in [3.8, 4) is 0 Å². The average molecular weight is 871 g/mol. The molecule has 5 aromatic rings. The maximum atomic E-state index is 15.9. The van der Waals surface area contributed by atoms with Crippen LogP contribution in [0.1, 0.15) is 66.8 Å². The second kappa shape index (κ2) is 16.3. The number of benzene rings is 2. The molecule has 13 nitrogen and oxygen atoms in total. The number of allylic oxidation sites excluding steroid dienone is 2. The van der Waals surface area contributed by atoms with Gasteiger partial charge in [-0.2, -0.15) is 13.2 Å². The minimum atomic E-state index is -4.60. The number of hydrogen-bond acceptors (Lipinski definition) is 9.